The third kappa shape index (κ3) is 4.47. The van der Waals surface area contributed by atoms with Gasteiger partial charge in [0, 0.05) is 12.5 Å². The van der Waals surface area contributed by atoms with E-state index in [1.807, 2.05) is 6.08 Å². The minimum absolute atomic E-state index is 0.171. The lowest BCUT2D eigenvalue weighted by atomic mass is 9.45. The van der Waals surface area contributed by atoms with Gasteiger partial charge in [0.05, 0.1) is 0 Å². The van der Waals surface area contributed by atoms with Gasteiger partial charge < -0.3 is 5.73 Å². The van der Waals surface area contributed by atoms with Crippen LogP contribution in [-0.2, 0) is 4.79 Å². The summed E-state index contributed by atoms with van der Waals surface area (Å²) in [6, 6.07) is 0.171. The van der Waals surface area contributed by atoms with Crippen molar-refractivity contribution in [1.29, 1.82) is 0 Å². The maximum atomic E-state index is 11.7. The van der Waals surface area contributed by atoms with Gasteiger partial charge in [0.25, 0.3) is 0 Å². The first-order valence-corrected chi connectivity index (χ1v) is 14.7. The van der Waals surface area contributed by atoms with Crippen LogP contribution in [-0.4, -0.2) is 11.8 Å². The molecule has 8 unspecified atom stereocenters. The fourth-order valence-corrected chi connectivity index (χ4v) is 9.37. The maximum Gasteiger partial charge on any atom is 0.159 e. The lowest BCUT2D eigenvalue weighted by molar-refractivity contribution is -0.113. The number of rotatable bonds is 6. The molecule has 8 atom stereocenters. The smallest absolute Gasteiger partial charge is 0.159 e. The summed E-state index contributed by atoms with van der Waals surface area (Å²) in [6.07, 6.45) is 22.4. The highest BCUT2D eigenvalue weighted by Gasteiger charge is 2.57. The molecule has 3 saturated carbocycles. The van der Waals surface area contributed by atoms with Crippen molar-refractivity contribution in [3.8, 4) is 0 Å². The SMILES string of the molecule is C=C(CC1CCC2(C)C(CCC3C4=CCC(C5=CCC(=O)C=C5)C4(C)CCC32)C1)C(N)CC(C)C. The predicted octanol–water partition coefficient (Wildman–Crippen LogP) is 7.96. The zero-order valence-electron chi connectivity index (χ0n) is 22.8. The molecule has 2 N–H and O–H groups in total. The third-order valence-corrected chi connectivity index (χ3v) is 11.4. The Balaban J connectivity index is 1.26. The predicted molar refractivity (Wildman–Crippen MR) is 147 cm³/mol. The Morgan fingerprint density at radius 1 is 1.11 bits per heavy atom. The van der Waals surface area contributed by atoms with Crippen LogP contribution in [0, 0.1) is 46.3 Å². The van der Waals surface area contributed by atoms with Gasteiger partial charge in [-0.15, -0.1) is 0 Å². The Morgan fingerprint density at radius 3 is 2.63 bits per heavy atom. The normalized spacial score (nSPS) is 41.5. The molecule has 5 rings (SSSR count). The van der Waals surface area contributed by atoms with E-state index in [0.29, 0.717) is 29.1 Å². The van der Waals surface area contributed by atoms with Crippen molar-refractivity contribution in [2.45, 2.75) is 104 Å². The molecule has 0 amide bonds. The topological polar surface area (TPSA) is 43.1 Å². The molecule has 2 heteroatoms. The number of carbonyl (C=O) groups excluding carboxylic acids is 1. The monoisotopic (exact) mass is 475 g/mol. The highest BCUT2D eigenvalue weighted by Crippen LogP contribution is 2.67. The number of hydrogen-bond acceptors (Lipinski definition) is 2. The third-order valence-electron chi connectivity index (χ3n) is 11.4. The zero-order valence-corrected chi connectivity index (χ0v) is 22.8. The Labute approximate surface area is 214 Å². The van der Waals surface area contributed by atoms with Gasteiger partial charge in [0.15, 0.2) is 5.78 Å². The standard InChI is InChI=1S/C33H49NO/c1-21(2)18-31(34)22(3)19-23-14-16-32(4)25(20-23)8-11-27-29-13-12-28(24-6-9-26(35)10-7-24)33(29,5)17-15-30(27)32/h6-7,9,13,21,23,25,27-28,30-31H,3,8,10-12,14-20,34H2,1-2,4-5H3. The van der Waals surface area contributed by atoms with Crippen LogP contribution < -0.4 is 5.73 Å². The number of fused-ring (bicyclic) bond motifs is 5. The summed E-state index contributed by atoms with van der Waals surface area (Å²) >= 11 is 0. The fraction of sp³-hybridized carbons (Fsp3) is 0.727. The molecule has 0 saturated heterocycles. The van der Waals surface area contributed by atoms with Crippen LogP contribution in [0.3, 0.4) is 0 Å². The first kappa shape index (κ1) is 25.2. The average Bonchev–Trinajstić information content (AvgIpc) is 3.16. The Morgan fingerprint density at radius 2 is 1.91 bits per heavy atom. The van der Waals surface area contributed by atoms with Gasteiger partial charge in [-0.1, -0.05) is 63.6 Å². The van der Waals surface area contributed by atoms with Gasteiger partial charge in [-0.25, -0.2) is 0 Å². The van der Waals surface area contributed by atoms with Crippen LogP contribution in [0.4, 0.5) is 0 Å². The number of hydrogen-bond donors (Lipinski definition) is 1. The van der Waals surface area contributed by atoms with E-state index >= 15 is 0 Å². The van der Waals surface area contributed by atoms with E-state index < -0.39 is 0 Å². The Kier molecular flexibility index (Phi) is 6.83. The summed E-state index contributed by atoms with van der Waals surface area (Å²) in [5, 5.41) is 0. The van der Waals surface area contributed by atoms with Crippen LogP contribution in [0.2, 0.25) is 0 Å². The molecule has 5 aliphatic carbocycles. The summed E-state index contributed by atoms with van der Waals surface area (Å²) in [7, 11) is 0. The minimum Gasteiger partial charge on any atom is -0.324 e. The van der Waals surface area contributed by atoms with E-state index in [9.17, 15) is 4.79 Å². The molecular weight excluding hydrogens is 426 g/mol. The molecule has 0 bridgehead atoms. The van der Waals surface area contributed by atoms with Gasteiger partial charge in [-0.05, 0) is 122 Å². The summed E-state index contributed by atoms with van der Waals surface area (Å²) in [4.78, 5) is 11.7. The lowest BCUT2D eigenvalue weighted by Gasteiger charge is -2.60. The van der Waals surface area contributed by atoms with E-state index in [0.717, 1.165) is 36.5 Å². The average molecular weight is 476 g/mol. The lowest BCUT2D eigenvalue weighted by Crippen LogP contribution is -2.51. The first-order chi connectivity index (χ1) is 16.6. The van der Waals surface area contributed by atoms with Gasteiger partial charge in [-0.3, -0.25) is 4.79 Å². The summed E-state index contributed by atoms with van der Waals surface area (Å²) in [5.74, 6) is 4.75. The number of nitrogens with two attached hydrogens (primary N) is 1. The van der Waals surface area contributed by atoms with Crippen molar-refractivity contribution in [2.24, 2.45) is 52.1 Å². The summed E-state index contributed by atoms with van der Waals surface area (Å²) < 4.78 is 0. The van der Waals surface area contributed by atoms with Gasteiger partial charge in [0.2, 0.25) is 0 Å². The molecule has 5 aliphatic rings. The largest absolute Gasteiger partial charge is 0.324 e. The van der Waals surface area contributed by atoms with E-state index in [-0.39, 0.29) is 11.8 Å². The Bertz CT molecular complexity index is 952. The second kappa shape index (κ2) is 9.47. The second-order valence-electron chi connectivity index (χ2n) is 13.8. The van der Waals surface area contributed by atoms with Crippen LogP contribution in [0.25, 0.3) is 0 Å². The zero-order chi connectivity index (χ0) is 25.0. The molecule has 0 aliphatic heterocycles. The molecule has 0 aromatic carbocycles. The quantitative estimate of drug-likeness (QED) is 0.396. The molecule has 192 valence electrons. The highest BCUT2D eigenvalue weighted by atomic mass is 16.1. The molecule has 35 heavy (non-hydrogen) atoms. The summed E-state index contributed by atoms with van der Waals surface area (Å²) in [6.45, 7) is 14.2. The second-order valence-corrected chi connectivity index (χ2v) is 13.8. The number of allylic oxidation sites excluding steroid dienone is 6. The van der Waals surface area contributed by atoms with Gasteiger partial charge in [-0.2, -0.15) is 0 Å². The van der Waals surface area contributed by atoms with Crippen LogP contribution in [0.5, 0.6) is 0 Å². The van der Waals surface area contributed by atoms with Crippen molar-refractivity contribution in [2.75, 3.05) is 0 Å². The van der Waals surface area contributed by atoms with E-state index in [2.05, 4.69) is 52.5 Å². The first-order valence-electron chi connectivity index (χ1n) is 14.7. The Hall–Kier alpha value is -1.41. The molecule has 0 aromatic rings. The van der Waals surface area contributed by atoms with Crippen LogP contribution in [0.15, 0.2) is 47.6 Å². The molecule has 0 aromatic heterocycles. The van der Waals surface area contributed by atoms with Crippen molar-refractivity contribution in [3.63, 3.8) is 0 Å². The van der Waals surface area contributed by atoms with E-state index in [1.165, 1.54) is 62.5 Å². The summed E-state index contributed by atoms with van der Waals surface area (Å²) in [5.41, 5.74) is 11.8. The van der Waals surface area contributed by atoms with Crippen molar-refractivity contribution in [3.05, 3.63) is 47.6 Å². The molecule has 0 radical (unpaired) electrons. The molecule has 2 nitrogen and oxygen atoms in total. The van der Waals surface area contributed by atoms with E-state index in [1.54, 1.807) is 5.57 Å². The fourth-order valence-electron chi connectivity index (χ4n) is 9.37. The molecular formula is C33H49NO. The minimum atomic E-state index is 0.171. The maximum absolute atomic E-state index is 11.7. The van der Waals surface area contributed by atoms with Crippen molar-refractivity contribution < 1.29 is 4.79 Å². The van der Waals surface area contributed by atoms with E-state index in [4.69, 9.17) is 5.73 Å². The number of carbonyl (C=O) groups is 1. The van der Waals surface area contributed by atoms with Crippen molar-refractivity contribution >= 4 is 5.78 Å². The van der Waals surface area contributed by atoms with Gasteiger partial charge in [0.1, 0.15) is 0 Å². The van der Waals surface area contributed by atoms with Gasteiger partial charge >= 0.3 is 0 Å². The molecule has 3 fully saturated rings. The highest BCUT2D eigenvalue weighted by molar-refractivity contribution is 5.92. The van der Waals surface area contributed by atoms with Crippen LogP contribution >= 0.6 is 0 Å². The van der Waals surface area contributed by atoms with Crippen molar-refractivity contribution in [1.82, 2.24) is 0 Å². The number of ketones is 1. The molecule has 0 heterocycles. The molecule has 0 spiro atoms. The van der Waals surface area contributed by atoms with Crippen LogP contribution in [0.1, 0.15) is 98.3 Å².